The maximum absolute atomic E-state index is 8.82. The minimum Gasteiger partial charge on any atom is -0.394 e. The number of hydrogen-bond donors (Lipinski definition) is 2. The molecule has 4 aromatic rings. The van der Waals surface area contributed by atoms with Crippen LogP contribution in [-0.4, -0.2) is 82.5 Å². The second-order valence-corrected chi connectivity index (χ2v) is 9.51. The Labute approximate surface area is 218 Å². The van der Waals surface area contributed by atoms with Crippen molar-refractivity contribution in [3.8, 4) is 22.4 Å². The van der Waals surface area contributed by atoms with Crippen molar-refractivity contribution in [2.75, 3.05) is 63.2 Å². The molecule has 0 radical (unpaired) electrons. The average Bonchev–Trinajstić information content (AvgIpc) is 2.91. The van der Waals surface area contributed by atoms with Gasteiger partial charge >= 0.3 is 0 Å². The first kappa shape index (κ1) is 24.5. The Kier molecular flexibility index (Phi) is 7.66. The molecule has 1 aliphatic heterocycles. The molecule has 0 amide bonds. The molecule has 0 atom stereocenters. The van der Waals surface area contributed by atoms with Crippen molar-refractivity contribution in [2.45, 2.75) is 0 Å². The fraction of sp³-hybridized carbons (Fsp3) is 0.308. The molecule has 0 saturated carbocycles. The lowest BCUT2D eigenvalue weighted by Crippen LogP contribution is -2.47. The van der Waals surface area contributed by atoms with E-state index in [1.165, 1.54) is 6.33 Å². The molecule has 1 saturated heterocycles. The first-order valence-electron chi connectivity index (χ1n) is 11.9. The molecule has 186 valence electrons. The predicted molar refractivity (Wildman–Crippen MR) is 145 cm³/mol. The number of anilines is 2. The van der Waals surface area contributed by atoms with Crippen LogP contribution < -0.4 is 10.6 Å². The fourth-order valence-corrected chi connectivity index (χ4v) is 4.80. The van der Waals surface area contributed by atoms with Crippen molar-refractivity contribution in [1.29, 1.82) is 0 Å². The van der Waals surface area contributed by atoms with Gasteiger partial charge in [-0.15, -0.1) is 0 Å². The summed E-state index contributed by atoms with van der Waals surface area (Å²) in [4.78, 5) is 22.8. The SMILES string of the molecule is Nc1ncnc2nc(-c3ccc(N4CCN(CCOCCO)CC4)nc3)cc(-c3cccc(Br)c3)c12. The summed E-state index contributed by atoms with van der Waals surface area (Å²) in [5.74, 6) is 1.36. The molecule has 3 aromatic heterocycles. The number of aliphatic hydroxyl groups is 1. The normalized spacial score (nSPS) is 14.4. The highest BCUT2D eigenvalue weighted by Crippen LogP contribution is 2.34. The zero-order valence-corrected chi connectivity index (χ0v) is 21.4. The topological polar surface area (TPSA) is 114 Å². The third-order valence-electron chi connectivity index (χ3n) is 6.30. The van der Waals surface area contributed by atoms with Gasteiger partial charge < -0.3 is 20.5 Å². The highest BCUT2D eigenvalue weighted by Gasteiger charge is 2.19. The minimum absolute atomic E-state index is 0.0668. The van der Waals surface area contributed by atoms with Crippen LogP contribution in [0.4, 0.5) is 11.6 Å². The highest BCUT2D eigenvalue weighted by molar-refractivity contribution is 9.10. The maximum atomic E-state index is 8.82. The van der Waals surface area contributed by atoms with Gasteiger partial charge in [-0.05, 0) is 41.5 Å². The van der Waals surface area contributed by atoms with Gasteiger partial charge in [0.15, 0.2) is 5.65 Å². The number of pyridine rings is 2. The van der Waals surface area contributed by atoms with Crippen LogP contribution in [0.1, 0.15) is 0 Å². The number of aliphatic hydroxyl groups excluding tert-OH is 1. The molecule has 0 spiro atoms. The third-order valence-corrected chi connectivity index (χ3v) is 6.79. The number of hydrogen-bond acceptors (Lipinski definition) is 9. The number of aromatic nitrogens is 4. The number of fused-ring (bicyclic) bond motifs is 1. The van der Waals surface area contributed by atoms with E-state index < -0.39 is 0 Å². The van der Waals surface area contributed by atoms with E-state index in [0.29, 0.717) is 24.7 Å². The smallest absolute Gasteiger partial charge is 0.165 e. The van der Waals surface area contributed by atoms with Crippen molar-refractivity contribution in [3.63, 3.8) is 0 Å². The standard InChI is InChI=1S/C26H28BrN7O2/c27-20-3-1-2-18(14-20)21-15-22(32-26-24(21)25(28)30-17-31-26)19-4-5-23(29-16-19)34-8-6-33(7-9-34)10-12-36-13-11-35/h1-5,14-17,35H,6-13H2,(H2,28,30,31,32). The van der Waals surface area contributed by atoms with Gasteiger partial charge in [0.25, 0.3) is 0 Å². The third kappa shape index (κ3) is 5.46. The second-order valence-electron chi connectivity index (χ2n) is 8.59. The Morgan fingerprint density at radius 2 is 1.83 bits per heavy atom. The van der Waals surface area contributed by atoms with Gasteiger partial charge in [0.05, 0.1) is 30.9 Å². The second kappa shape index (κ2) is 11.3. The molecule has 0 aliphatic carbocycles. The number of piperazine rings is 1. The zero-order valence-electron chi connectivity index (χ0n) is 19.8. The van der Waals surface area contributed by atoms with E-state index in [4.69, 9.17) is 25.5 Å². The minimum atomic E-state index is 0.0668. The largest absolute Gasteiger partial charge is 0.394 e. The fourth-order valence-electron chi connectivity index (χ4n) is 4.40. The monoisotopic (exact) mass is 549 g/mol. The van der Waals surface area contributed by atoms with Gasteiger partial charge in [0, 0.05) is 49.0 Å². The Morgan fingerprint density at radius 3 is 2.58 bits per heavy atom. The lowest BCUT2D eigenvalue weighted by atomic mass is 10.0. The summed E-state index contributed by atoms with van der Waals surface area (Å²) < 4.78 is 6.36. The maximum Gasteiger partial charge on any atom is 0.165 e. The predicted octanol–water partition coefficient (Wildman–Crippen LogP) is 3.23. The molecule has 36 heavy (non-hydrogen) atoms. The van der Waals surface area contributed by atoms with Crippen LogP contribution in [0.25, 0.3) is 33.4 Å². The van der Waals surface area contributed by atoms with E-state index in [2.05, 4.69) is 41.8 Å². The quantitative estimate of drug-likeness (QED) is 0.319. The summed E-state index contributed by atoms with van der Waals surface area (Å²) in [5.41, 5.74) is 10.4. The summed E-state index contributed by atoms with van der Waals surface area (Å²) in [6, 6.07) is 14.2. The van der Waals surface area contributed by atoms with Crippen LogP contribution in [0, 0.1) is 0 Å². The van der Waals surface area contributed by atoms with E-state index in [1.54, 1.807) is 0 Å². The number of benzene rings is 1. The number of nitrogens with two attached hydrogens (primary N) is 1. The van der Waals surface area contributed by atoms with Crippen molar-refractivity contribution in [3.05, 3.63) is 59.5 Å². The zero-order chi connectivity index (χ0) is 24.9. The van der Waals surface area contributed by atoms with Gasteiger partial charge in [-0.25, -0.2) is 19.9 Å². The molecule has 1 aromatic carbocycles. The van der Waals surface area contributed by atoms with Crippen LogP contribution in [-0.2, 0) is 4.74 Å². The number of rotatable bonds is 8. The van der Waals surface area contributed by atoms with Crippen molar-refractivity contribution in [2.24, 2.45) is 0 Å². The van der Waals surface area contributed by atoms with Crippen LogP contribution in [0.2, 0.25) is 0 Å². The molecule has 3 N–H and O–H groups in total. The van der Waals surface area contributed by atoms with Crippen molar-refractivity contribution >= 4 is 38.6 Å². The number of nitrogen functional groups attached to an aromatic ring is 1. The van der Waals surface area contributed by atoms with Crippen LogP contribution in [0.3, 0.4) is 0 Å². The molecule has 9 nitrogen and oxygen atoms in total. The van der Waals surface area contributed by atoms with E-state index in [-0.39, 0.29) is 6.61 Å². The number of nitrogens with zero attached hydrogens (tertiary/aromatic N) is 6. The first-order valence-corrected chi connectivity index (χ1v) is 12.7. The number of halogens is 1. The molecule has 1 fully saturated rings. The summed E-state index contributed by atoms with van der Waals surface area (Å²) >= 11 is 3.56. The van der Waals surface area contributed by atoms with Gasteiger partial charge in [-0.2, -0.15) is 0 Å². The lowest BCUT2D eigenvalue weighted by Gasteiger charge is -2.35. The van der Waals surface area contributed by atoms with E-state index in [9.17, 15) is 0 Å². The lowest BCUT2D eigenvalue weighted by molar-refractivity contribution is 0.0724. The molecule has 10 heteroatoms. The summed E-state index contributed by atoms with van der Waals surface area (Å²) in [5, 5.41) is 9.56. The number of ether oxygens (including phenoxy) is 1. The Bertz CT molecular complexity index is 1330. The summed E-state index contributed by atoms with van der Waals surface area (Å²) in [6.45, 7) is 5.70. The van der Waals surface area contributed by atoms with Crippen molar-refractivity contribution < 1.29 is 9.84 Å². The van der Waals surface area contributed by atoms with Gasteiger partial charge in [0.1, 0.15) is 18.0 Å². The molecule has 0 bridgehead atoms. The van der Waals surface area contributed by atoms with Gasteiger partial charge in [-0.3, -0.25) is 4.90 Å². The molecule has 1 aliphatic rings. The molecule has 4 heterocycles. The highest BCUT2D eigenvalue weighted by atomic mass is 79.9. The summed E-state index contributed by atoms with van der Waals surface area (Å²) in [6.07, 6.45) is 3.31. The molecular formula is C26H28BrN7O2. The Morgan fingerprint density at radius 1 is 0.972 bits per heavy atom. The van der Waals surface area contributed by atoms with Crippen LogP contribution in [0.15, 0.2) is 59.5 Å². The first-order chi connectivity index (χ1) is 17.6. The average molecular weight is 550 g/mol. The van der Waals surface area contributed by atoms with Crippen LogP contribution >= 0.6 is 15.9 Å². The molecular weight excluding hydrogens is 522 g/mol. The molecule has 5 rings (SSSR count). The van der Waals surface area contributed by atoms with E-state index in [0.717, 1.165) is 70.8 Å². The molecule has 0 unspecified atom stereocenters. The van der Waals surface area contributed by atoms with Gasteiger partial charge in [-0.1, -0.05) is 28.1 Å². The van der Waals surface area contributed by atoms with E-state index in [1.807, 2.05) is 42.6 Å². The Balaban J connectivity index is 1.36. The summed E-state index contributed by atoms with van der Waals surface area (Å²) in [7, 11) is 0. The Hall–Kier alpha value is -3.18. The van der Waals surface area contributed by atoms with E-state index >= 15 is 0 Å². The van der Waals surface area contributed by atoms with Gasteiger partial charge in [0.2, 0.25) is 0 Å². The van der Waals surface area contributed by atoms with Crippen LogP contribution in [0.5, 0.6) is 0 Å². The van der Waals surface area contributed by atoms with Crippen molar-refractivity contribution in [1.82, 2.24) is 24.8 Å².